The minimum Gasteiger partial charge on any atom is -0.497 e. The molecule has 3 aromatic rings. The van der Waals surface area contributed by atoms with Gasteiger partial charge in [-0.15, -0.1) is 0 Å². The van der Waals surface area contributed by atoms with Crippen molar-refractivity contribution in [2.45, 2.75) is 29.8 Å². The van der Waals surface area contributed by atoms with Gasteiger partial charge >= 0.3 is 0 Å². The predicted molar refractivity (Wildman–Crippen MR) is 153 cm³/mol. The standard InChI is InChI=1S/C28H31ClN4O7S/c1-7-21(26(34)32(2)3)31-28(19-9-8-14-30-25(19)40-6)20-15-17(29)10-12-22(20)33(27(28)35)41(36,37)24-13-11-18(38-4)16-23(24)39-5/h8-16,21,31H,7H2,1-6H3. The maximum Gasteiger partial charge on any atom is 0.274 e. The third-order valence-corrected chi connectivity index (χ3v) is 8.85. The van der Waals surface area contributed by atoms with Crippen LogP contribution in [0.4, 0.5) is 5.69 Å². The van der Waals surface area contributed by atoms with E-state index in [0.29, 0.717) is 10.1 Å². The monoisotopic (exact) mass is 602 g/mol. The van der Waals surface area contributed by atoms with Crippen molar-refractivity contribution in [3.8, 4) is 17.4 Å². The molecule has 1 aromatic heterocycles. The second-order valence-electron chi connectivity index (χ2n) is 9.40. The van der Waals surface area contributed by atoms with Gasteiger partial charge in [0.15, 0.2) is 5.54 Å². The molecular formula is C28H31ClN4O7S. The van der Waals surface area contributed by atoms with E-state index in [2.05, 4.69) is 10.3 Å². The first-order chi connectivity index (χ1) is 19.5. The number of nitrogens with zero attached hydrogens (tertiary/aromatic N) is 3. The fourth-order valence-electron chi connectivity index (χ4n) is 4.92. The molecule has 4 rings (SSSR count). The molecule has 1 aliphatic heterocycles. The number of hydrogen-bond acceptors (Lipinski definition) is 9. The smallest absolute Gasteiger partial charge is 0.274 e. The molecule has 0 saturated carbocycles. The molecule has 2 heterocycles. The Labute approximate surface area is 244 Å². The Kier molecular flexibility index (Phi) is 8.48. The Hall–Kier alpha value is -3.87. The number of rotatable bonds is 10. The van der Waals surface area contributed by atoms with Crippen molar-refractivity contribution in [1.82, 2.24) is 15.2 Å². The maximum absolute atomic E-state index is 14.8. The minimum atomic E-state index is -4.60. The Balaban J connectivity index is 2.06. The predicted octanol–water partition coefficient (Wildman–Crippen LogP) is 3.20. The molecule has 0 saturated heterocycles. The van der Waals surface area contributed by atoms with Crippen molar-refractivity contribution in [2.24, 2.45) is 0 Å². The lowest BCUT2D eigenvalue weighted by Gasteiger charge is -2.35. The average molecular weight is 603 g/mol. The number of pyridine rings is 1. The molecule has 41 heavy (non-hydrogen) atoms. The molecule has 2 amide bonds. The van der Waals surface area contributed by atoms with Gasteiger partial charge in [0.1, 0.15) is 16.4 Å². The van der Waals surface area contributed by atoms with Gasteiger partial charge in [-0.05, 0) is 48.9 Å². The first-order valence-corrected chi connectivity index (χ1v) is 14.4. The highest BCUT2D eigenvalue weighted by Gasteiger charge is 2.59. The topological polar surface area (TPSA) is 127 Å². The molecule has 0 spiro atoms. The summed E-state index contributed by atoms with van der Waals surface area (Å²) in [5.74, 6) is -0.808. The largest absolute Gasteiger partial charge is 0.497 e. The second kappa shape index (κ2) is 11.6. The highest BCUT2D eigenvalue weighted by molar-refractivity contribution is 7.93. The van der Waals surface area contributed by atoms with Crippen LogP contribution >= 0.6 is 11.6 Å². The van der Waals surface area contributed by atoms with E-state index in [9.17, 15) is 18.0 Å². The highest BCUT2D eigenvalue weighted by Crippen LogP contribution is 2.50. The van der Waals surface area contributed by atoms with Gasteiger partial charge in [-0.1, -0.05) is 18.5 Å². The zero-order valence-corrected chi connectivity index (χ0v) is 25.0. The first-order valence-electron chi connectivity index (χ1n) is 12.6. The van der Waals surface area contributed by atoms with Crippen LogP contribution in [0.5, 0.6) is 17.4 Å². The summed E-state index contributed by atoms with van der Waals surface area (Å²) in [4.78, 5) is 33.5. The van der Waals surface area contributed by atoms with E-state index in [-0.39, 0.29) is 50.7 Å². The normalized spacial score (nSPS) is 17.1. The molecule has 0 bridgehead atoms. The molecule has 218 valence electrons. The van der Waals surface area contributed by atoms with Crippen molar-refractivity contribution >= 4 is 39.1 Å². The summed E-state index contributed by atoms with van der Waals surface area (Å²) in [6.45, 7) is 1.78. The SMILES string of the molecule is CCC(NC1(c2cccnc2OC)C(=O)N(S(=O)(=O)c2ccc(OC)cc2OC)c2ccc(Cl)cc21)C(=O)N(C)C. The van der Waals surface area contributed by atoms with Gasteiger partial charge in [-0.2, -0.15) is 0 Å². The number of hydrogen-bond donors (Lipinski definition) is 1. The fourth-order valence-corrected chi connectivity index (χ4v) is 6.69. The molecule has 0 fully saturated rings. The number of halogens is 1. The summed E-state index contributed by atoms with van der Waals surface area (Å²) < 4.78 is 45.5. The van der Waals surface area contributed by atoms with Gasteiger partial charge in [0.25, 0.3) is 15.9 Å². The maximum atomic E-state index is 14.8. The van der Waals surface area contributed by atoms with Crippen molar-refractivity contribution in [1.29, 1.82) is 0 Å². The quantitative estimate of drug-likeness (QED) is 0.372. The van der Waals surface area contributed by atoms with Crippen molar-refractivity contribution in [3.63, 3.8) is 0 Å². The van der Waals surface area contributed by atoms with Crippen LogP contribution in [0.3, 0.4) is 0 Å². The van der Waals surface area contributed by atoms with Crippen LogP contribution in [0.25, 0.3) is 0 Å². The number of carbonyl (C=O) groups is 2. The summed E-state index contributed by atoms with van der Waals surface area (Å²) in [6.07, 6.45) is 1.76. The number of aromatic nitrogens is 1. The molecule has 11 nitrogen and oxygen atoms in total. The molecule has 0 radical (unpaired) electrons. The zero-order valence-electron chi connectivity index (χ0n) is 23.5. The number of carbonyl (C=O) groups excluding carboxylic acids is 2. The van der Waals surface area contributed by atoms with Gasteiger partial charge in [-0.3, -0.25) is 14.9 Å². The van der Waals surface area contributed by atoms with Crippen molar-refractivity contribution in [3.05, 3.63) is 70.9 Å². The van der Waals surface area contributed by atoms with Crippen LogP contribution in [0.2, 0.25) is 5.02 Å². The number of likely N-dealkylation sites (N-methyl/N-ethyl adjacent to an activating group) is 1. The Morgan fingerprint density at radius 3 is 2.41 bits per heavy atom. The summed E-state index contributed by atoms with van der Waals surface area (Å²) in [5.41, 5.74) is -1.47. The van der Waals surface area contributed by atoms with Gasteiger partial charge < -0.3 is 19.1 Å². The van der Waals surface area contributed by atoms with Gasteiger partial charge in [0, 0.05) is 42.5 Å². The third-order valence-electron chi connectivity index (χ3n) is 6.88. The van der Waals surface area contributed by atoms with Gasteiger partial charge in [-0.25, -0.2) is 17.7 Å². The molecular weight excluding hydrogens is 572 g/mol. The van der Waals surface area contributed by atoms with E-state index in [1.165, 1.54) is 68.8 Å². The molecule has 2 aromatic carbocycles. The molecule has 13 heteroatoms. The Morgan fingerprint density at radius 1 is 1.07 bits per heavy atom. The molecule has 2 unspecified atom stereocenters. The number of ether oxygens (including phenoxy) is 3. The Morgan fingerprint density at radius 2 is 1.80 bits per heavy atom. The van der Waals surface area contributed by atoms with Crippen molar-refractivity contribution in [2.75, 3.05) is 39.7 Å². The lowest BCUT2D eigenvalue weighted by Crippen LogP contribution is -2.59. The van der Waals surface area contributed by atoms with Crippen LogP contribution in [-0.4, -0.2) is 71.6 Å². The molecule has 1 N–H and O–H groups in total. The lowest BCUT2D eigenvalue weighted by atomic mass is 9.83. The highest BCUT2D eigenvalue weighted by atomic mass is 35.5. The molecule has 1 aliphatic rings. The Bertz CT molecular complexity index is 1600. The number of fused-ring (bicyclic) bond motifs is 1. The van der Waals surface area contributed by atoms with Crippen LogP contribution in [-0.2, 0) is 25.2 Å². The van der Waals surface area contributed by atoms with Crippen LogP contribution in [0.1, 0.15) is 24.5 Å². The minimum absolute atomic E-state index is 0.0219. The van der Waals surface area contributed by atoms with Gasteiger partial charge in [0.2, 0.25) is 11.8 Å². The summed E-state index contributed by atoms with van der Waals surface area (Å²) in [7, 11) is 2.74. The number of anilines is 1. The number of methoxy groups -OCH3 is 3. The number of nitrogens with one attached hydrogen (secondary N) is 1. The molecule has 0 aliphatic carbocycles. The van der Waals surface area contributed by atoms with E-state index >= 15 is 0 Å². The zero-order chi connectivity index (χ0) is 30.1. The average Bonchev–Trinajstić information content (AvgIpc) is 3.22. The summed E-state index contributed by atoms with van der Waals surface area (Å²) in [6, 6.07) is 10.9. The number of amides is 2. The molecule has 2 atom stereocenters. The van der Waals surface area contributed by atoms with Crippen LogP contribution in [0, 0.1) is 0 Å². The van der Waals surface area contributed by atoms with Crippen LogP contribution in [0.15, 0.2) is 59.6 Å². The van der Waals surface area contributed by atoms with Crippen LogP contribution < -0.4 is 23.8 Å². The third kappa shape index (κ3) is 4.96. The fraction of sp³-hybridized carbons (Fsp3) is 0.321. The van der Waals surface area contributed by atoms with E-state index in [1.54, 1.807) is 33.2 Å². The van der Waals surface area contributed by atoms with E-state index in [4.69, 9.17) is 25.8 Å². The van der Waals surface area contributed by atoms with E-state index in [0.717, 1.165) is 0 Å². The number of benzene rings is 2. The van der Waals surface area contributed by atoms with Crippen molar-refractivity contribution < 1.29 is 32.2 Å². The number of sulfonamides is 1. The first kappa shape index (κ1) is 30.1. The van der Waals surface area contributed by atoms with Gasteiger partial charge in [0.05, 0.1) is 33.1 Å². The summed E-state index contributed by atoms with van der Waals surface area (Å²) >= 11 is 6.44. The lowest BCUT2D eigenvalue weighted by molar-refractivity contribution is -0.132. The summed E-state index contributed by atoms with van der Waals surface area (Å²) in [5, 5.41) is 3.46. The second-order valence-corrected chi connectivity index (χ2v) is 11.6. The van der Waals surface area contributed by atoms with E-state index in [1.807, 2.05) is 0 Å². The van der Waals surface area contributed by atoms with E-state index < -0.39 is 27.5 Å².